The molecule has 60 heavy (non-hydrogen) atoms. The first-order valence-electron chi connectivity index (χ1n) is 27.4. The normalized spacial score (nSPS) is 13.8. The zero-order valence-electron chi connectivity index (χ0n) is 40.7. The Balaban J connectivity index is 3.58. The van der Waals surface area contributed by atoms with E-state index in [1.807, 2.05) is 0 Å². The highest BCUT2D eigenvalue weighted by molar-refractivity contribution is 5.80. The molecule has 1 amide bonds. The van der Waals surface area contributed by atoms with E-state index in [9.17, 15) is 25.2 Å². The molecule has 0 aliphatic carbocycles. The van der Waals surface area contributed by atoms with Crippen LogP contribution in [-0.2, 0) is 4.79 Å². The molecular weight excluding hydrogens is 743 g/mol. The van der Waals surface area contributed by atoms with Gasteiger partial charge in [0, 0.05) is 0 Å². The van der Waals surface area contributed by atoms with Crippen LogP contribution in [0, 0.1) is 0 Å². The minimum absolute atomic E-state index is 0.376. The first-order valence-corrected chi connectivity index (χ1v) is 27.4. The van der Waals surface area contributed by atoms with Crippen LogP contribution >= 0.6 is 0 Å². The summed E-state index contributed by atoms with van der Waals surface area (Å²) in [5.74, 6) is -0.576. The highest BCUT2D eigenvalue weighted by Gasteiger charge is 2.28. The average molecular weight is 852 g/mol. The van der Waals surface area contributed by atoms with Crippen LogP contribution in [0.25, 0.3) is 0 Å². The standard InChI is InChI=1S/C54H109NO5/c1-3-5-7-9-11-13-15-17-19-21-23-24-25-26-27-28-29-30-32-34-36-38-40-42-44-46-48-52(58)54(60)55-50(49-56)53(59)51(57)47-45-43-41-39-37-35-33-31-22-20-18-16-14-12-10-8-6-4-2/h50-53,56-59H,3-49H2,1-2H3,(H,55,60). The zero-order chi connectivity index (χ0) is 43.8. The van der Waals surface area contributed by atoms with E-state index in [-0.39, 0.29) is 0 Å². The van der Waals surface area contributed by atoms with Gasteiger partial charge in [0.25, 0.3) is 0 Å². The maximum absolute atomic E-state index is 12.6. The largest absolute Gasteiger partial charge is 0.394 e. The number of aliphatic hydroxyl groups is 4. The highest BCUT2D eigenvalue weighted by Crippen LogP contribution is 2.19. The van der Waals surface area contributed by atoms with Gasteiger partial charge in [-0.25, -0.2) is 0 Å². The monoisotopic (exact) mass is 852 g/mol. The van der Waals surface area contributed by atoms with Crippen molar-refractivity contribution in [1.29, 1.82) is 0 Å². The molecule has 4 unspecified atom stereocenters. The van der Waals surface area contributed by atoms with E-state index in [4.69, 9.17) is 0 Å². The van der Waals surface area contributed by atoms with Crippen molar-refractivity contribution in [2.24, 2.45) is 0 Å². The summed E-state index contributed by atoms with van der Waals surface area (Å²) in [5, 5.41) is 44.0. The van der Waals surface area contributed by atoms with Gasteiger partial charge in [-0.3, -0.25) is 4.79 Å². The van der Waals surface area contributed by atoms with Gasteiger partial charge in [0.15, 0.2) is 0 Å². The number of rotatable bonds is 51. The Bertz CT molecular complexity index is 826. The third-order valence-corrected chi connectivity index (χ3v) is 13.3. The summed E-state index contributed by atoms with van der Waals surface area (Å²) in [6, 6.07) is -0.980. The fourth-order valence-corrected chi connectivity index (χ4v) is 9.00. The SMILES string of the molecule is CCCCCCCCCCCCCCCCCCCCCCCCCCCCC(O)C(=O)NC(CO)C(O)C(O)CCCCCCCCCCCCCCCCCCCC. The molecule has 0 aromatic carbocycles. The fourth-order valence-electron chi connectivity index (χ4n) is 9.00. The molecule has 0 saturated carbocycles. The van der Waals surface area contributed by atoms with Gasteiger partial charge >= 0.3 is 0 Å². The summed E-state index contributed by atoms with van der Waals surface area (Å²) in [5.41, 5.74) is 0. The third-order valence-electron chi connectivity index (χ3n) is 13.3. The lowest BCUT2D eigenvalue weighted by Gasteiger charge is -2.27. The lowest BCUT2D eigenvalue weighted by molar-refractivity contribution is -0.132. The van der Waals surface area contributed by atoms with Crippen LogP contribution in [0.2, 0.25) is 0 Å². The van der Waals surface area contributed by atoms with Gasteiger partial charge in [0.1, 0.15) is 12.2 Å². The first kappa shape index (κ1) is 59.3. The van der Waals surface area contributed by atoms with Gasteiger partial charge in [0.05, 0.1) is 18.8 Å². The van der Waals surface area contributed by atoms with Crippen LogP contribution in [0.4, 0.5) is 0 Å². The third kappa shape index (κ3) is 42.6. The fraction of sp³-hybridized carbons (Fsp3) is 0.981. The predicted molar refractivity (Wildman–Crippen MR) is 261 cm³/mol. The van der Waals surface area contributed by atoms with Crippen molar-refractivity contribution in [3.8, 4) is 0 Å². The van der Waals surface area contributed by atoms with Gasteiger partial charge in [-0.1, -0.05) is 296 Å². The van der Waals surface area contributed by atoms with Gasteiger partial charge in [-0.15, -0.1) is 0 Å². The number of carbonyl (C=O) groups excluding carboxylic acids is 1. The molecule has 0 aliphatic rings. The molecule has 6 nitrogen and oxygen atoms in total. The first-order chi connectivity index (χ1) is 29.5. The number of nitrogens with one attached hydrogen (secondary N) is 1. The van der Waals surface area contributed by atoms with E-state index in [1.165, 1.54) is 244 Å². The lowest BCUT2D eigenvalue weighted by atomic mass is 9.99. The van der Waals surface area contributed by atoms with Gasteiger partial charge in [-0.05, 0) is 12.8 Å². The summed E-state index contributed by atoms with van der Waals surface area (Å²) in [7, 11) is 0. The highest BCUT2D eigenvalue weighted by atomic mass is 16.3. The smallest absolute Gasteiger partial charge is 0.249 e. The van der Waals surface area contributed by atoms with Crippen molar-refractivity contribution < 1.29 is 25.2 Å². The Hall–Kier alpha value is -0.690. The molecule has 0 aromatic rings. The Morgan fingerprint density at radius 3 is 0.800 bits per heavy atom. The van der Waals surface area contributed by atoms with Crippen molar-refractivity contribution in [2.45, 2.75) is 334 Å². The molecule has 0 spiro atoms. The summed E-state index contributed by atoms with van der Waals surface area (Å²) >= 11 is 0. The average Bonchev–Trinajstić information content (AvgIpc) is 3.25. The van der Waals surface area contributed by atoms with Crippen LogP contribution in [0.1, 0.15) is 309 Å². The number of carbonyl (C=O) groups is 1. The van der Waals surface area contributed by atoms with E-state index in [0.29, 0.717) is 12.8 Å². The molecule has 0 radical (unpaired) electrons. The van der Waals surface area contributed by atoms with E-state index in [1.54, 1.807) is 0 Å². The second-order valence-electron chi connectivity index (χ2n) is 19.3. The van der Waals surface area contributed by atoms with Crippen molar-refractivity contribution in [3.63, 3.8) is 0 Å². The van der Waals surface area contributed by atoms with Crippen molar-refractivity contribution in [3.05, 3.63) is 0 Å². The molecule has 4 atom stereocenters. The van der Waals surface area contributed by atoms with Crippen LogP contribution in [-0.4, -0.2) is 57.3 Å². The molecule has 0 rings (SSSR count). The number of hydrogen-bond acceptors (Lipinski definition) is 5. The zero-order valence-corrected chi connectivity index (χ0v) is 40.7. The van der Waals surface area contributed by atoms with E-state index >= 15 is 0 Å². The molecule has 6 heteroatoms. The molecule has 5 N–H and O–H groups in total. The number of aliphatic hydroxyl groups excluding tert-OH is 4. The van der Waals surface area contributed by atoms with Crippen molar-refractivity contribution in [1.82, 2.24) is 5.32 Å². The lowest BCUT2D eigenvalue weighted by Crippen LogP contribution is -2.53. The van der Waals surface area contributed by atoms with Gasteiger partial charge in [-0.2, -0.15) is 0 Å². The second kappa shape index (κ2) is 49.3. The van der Waals surface area contributed by atoms with E-state index < -0.39 is 36.9 Å². The molecule has 0 bridgehead atoms. The van der Waals surface area contributed by atoms with Crippen LogP contribution in [0.3, 0.4) is 0 Å². The molecule has 360 valence electrons. The second-order valence-corrected chi connectivity index (χ2v) is 19.3. The maximum atomic E-state index is 12.6. The summed E-state index contributed by atoms with van der Waals surface area (Å²) in [6.07, 6.45) is 55.9. The van der Waals surface area contributed by atoms with E-state index in [0.717, 1.165) is 38.5 Å². The predicted octanol–water partition coefficient (Wildman–Crippen LogP) is 15.5. The summed E-state index contributed by atoms with van der Waals surface area (Å²) < 4.78 is 0. The Kier molecular flexibility index (Phi) is 48.8. The topological polar surface area (TPSA) is 110 Å². The van der Waals surface area contributed by atoms with Crippen LogP contribution in [0.15, 0.2) is 0 Å². The van der Waals surface area contributed by atoms with Gasteiger partial charge in [0.2, 0.25) is 5.91 Å². The molecule has 0 heterocycles. The Morgan fingerprint density at radius 1 is 0.350 bits per heavy atom. The minimum atomic E-state index is -1.25. The summed E-state index contributed by atoms with van der Waals surface area (Å²) in [6.45, 7) is 4.09. The molecule has 0 saturated heterocycles. The van der Waals surface area contributed by atoms with Crippen LogP contribution < -0.4 is 5.32 Å². The van der Waals surface area contributed by atoms with Crippen molar-refractivity contribution >= 4 is 5.91 Å². The molecule has 0 fully saturated rings. The Morgan fingerprint density at radius 2 is 0.567 bits per heavy atom. The molecule has 0 aromatic heterocycles. The summed E-state index contributed by atoms with van der Waals surface area (Å²) in [4.78, 5) is 12.6. The van der Waals surface area contributed by atoms with Crippen LogP contribution in [0.5, 0.6) is 0 Å². The Labute approximate surface area is 375 Å². The molecular formula is C54H109NO5. The number of unbranched alkanes of at least 4 members (excludes halogenated alkanes) is 42. The minimum Gasteiger partial charge on any atom is -0.394 e. The quantitative estimate of drug-likeness (QED) is 0.0392. The van der Waals surface area contributed by atoms with Crippen molar-refractivity contribution in [2.75, 3.05) is 6.61 Å². The van der Waals surface area contributed by atoms with Gasteiger partial charge < -0.3 is 25.7 Å². The number of amides is 1. The van der Waals surface area contributed by atoms with E-state index in [2.05, 4.69) is 19.2 Å². The maximum Gasteiger partial charge on any atom is 0.249 e. The molecule has 0 aliphatic heterocycles. The number of hydrogen-bond donors (Lipinski definition) is 5.